The number of rotatable bonds is 7. The van der Waals surface area contributed by atoms with E-state index in [2.05, 4.69) is 10.6 Å². The van der Waals surface area contributed by atoms with Gasteiger partial charge in [0.15, 0.2) is 5.76 Å². The van der Waals surface area contributed by atoms with Gasteiger partial charge in [0.1, 0.15) is 0 Å². The predicted molar refractivity (Wildman–Crippen MR) is 86.2 cm³/mol. The first-order chi connectivity index (χ1) is 10.7. The first kappa shape index (κ1) is 16.5. The molecule has 0 unspecified atom stereocenters. The molecule has 7 heteroatoms. The Morgan fingerprint density at radius 1 is 1.09 bits per heavy atom. The van der Waals surface area contributed by atoms with Gasteiger partial charge in [0.25, 0.3) is 5.91 Å². The van der Waals surface area contributed by atoms with Gasteiger partial charge in [-0.25, -0.2) is 0 Å². The summed E-state index contributed by atoms with van der Waals surface area (Å²) < 4.78 is 4.96. The second-order valence-electron chi connectivity index (χ2n) is 4.30. The van der Waals surface area contributed by atoms with Crippen molar-refractivity contribution in [1.29, 1.82) is 0 Å². The predicted octanol–water partition coefficient (Wildman–Crippen LogP) is 2.57. The van der Waals surface area contributed by atoms with Gasteiger partial charge in [0, 0.05) is 18.0 Å². The summed E-state index contributed by atoms with van der Waals surface area (Å²) in [6.07, 6.45) is 1.43. The largest absolute Gasteiger partial charge is 0.459 e. The van der Waals surface area contributed by atoms with Crippen LogP contribution < -0.4 is 10.6 Å². The Labute approximate surface area is 137 Å². The lowest BCUT2D eigenvalue weighted by atomic mass is 10.4. The zero-order valence-corrected chi connectivity index (χ0v) is 13.2. The highest BCUT2D eigenvalue weighted by Crippen LogP contribution is 2.26. The van der Waals surface area contributed by atoms with Crippen molar-refractivity contribution in [3.05, 3.63) is 53.4 Å². The molecule has 1 aromatic carbocycles. The van der Waals surface area contributed by atoms with Crippen molar-refractivity contribution in [3.8, 4) is 0 Å². The molecule has 0 saturated heterocycles. The number of benzene rings is 1. The van der Waals surface area contributed by atoms with Gasteiger partial charge < -0.3 is 15.1 Å². The average molecular weight is 339 g/mol. The summed E-state index contributed by atoms with van der Waals surface area (Å²) in [6.45, 7) is 0.691. The van der Waals surface area contributed by atoms with E-state index in [0.29, 0.717) is 18.1 Å². The van der Waals surface area contributed by atoms with Gasteiger partial charge in [-0.05, 0) is 24.3 Å². The van der Waals surface area contributed by atoms with E-state index in [1.165, 1.54) is 18.0 Å². The number of hydrogen-bond donors (Lipinski definition) is 2. The fourth-order valence-corrected chi connectivity index (χ4v) is 2.70. The lowest BCUT2D eigenvalue weighted by Gasteiger charge is -2.07. The molecule has 2 amide bonds. The van der Waals surface area contributed by atoms with E-state index in [1.807, 2.05) is 18.2 Å². The molecule has 116 valence electrons. The number of carbonyl (C=O) groups excluding carboxylic acids is 2. The number of thioether (sulfide) groups is 1. The van der Waals surface area contributed by atoms with Crippen molar-refractivity contribution in [2.45, 2.75) is 4.90 Å². The molecule has 22 heavy (non-hydrogen) atoms. The summed E-state index contributed by atoms with van der Waals surface area (Å²) in [5, 5.41) is 6.00. The van der Waals surface area contributed by atoms with Gasteiger partial charge in [-0.2, -0.15) is 0 Å². The zero-order valence-electron chi connectivity index (χ0n) is 11.7. The second kappa shape index (κ2) is 8.51. The zero-order chi connectivity index (χ0) is 15.8. The monoisotopic (exact) mass is 338 g/mol. The van der Waals surface area contributed by atoms with E-state index in [1.54, 1.807) is 18.2 Å². The third-order valence-corrected chi connectivity index (χ3v) is 4.19. The SMILES string of the molecule is O=C(CSc1ccccc1Cl)NCCNC(=O)c1ccco1. The van der Waals surface area contributed by atoms with Crippen LogP contribution in [0.4, 0.5) is 0 Å². The van der Waals surface area contributed by atoms with Gasteiger partial charge in [-0.1, -0.05) is 23.7 Å². The van der Waals surface area contributed by atoms with E-state index in [4.69, 9.17) is 16.0 Å². The summed E-state index contributed by atoms with van der Waals surface area (Å²) in [7, 11) is 0. The highest BCUT2D eigenvalue weighted by molar-refractivity contribution is 8.00. The molecule has 0 bridgehead atoms. The molecular formula is C15H15ClN2O3S. The lowest BCUT2D eigenvalue weighted by Crippen LogP contribution is -2.35. The molecule has 2 rings (SSSR count). The Morgan fingerprint density at radius 3 is 2.59 bits per heavy atom. The highest BCUT2D eigenvalue weighted by Gasteiger charge is 2.08. The van der Waals surface area contributed by atoms with Crippen LogP contribution in [0.3, 0.4) is 0 Å². The molecule has 2 aromatic rings. The first-order valence-corrected chi connectivity index (χ1v) is 7.99. The maximum atomic E-state index is 11.7. The van der Waals surface area contributed by atoms with Crippen LogP contribution in [0.2, 0.25) is 5.02 Å². The average Bonchev–Trinajstić information content (AvgIpc) is 3.05. The van der Waals surface area contributed by atoms with Crippen LogP contribution in [0.5, 0.6) is 0 Å². The van der Waals surface area contributed by atoms with E-state index in [9.17, 15) is 9.59 Å². The molecule has 0 atom stereocenters. The number of hydrogen-bond acceptors (Lipinski definition) is 4. The van der Waals surface area contributed by atoms with Crippen molar-refractivity contribution in [1.82, 2.24) is 10.6 Å². The second-order valence-corrected chi connectivity index (χ2v) is 5.73. The van der Waals surface area contributed by atoms with Gasteiger partial charge in [0.2, 0.25) is 5.91 Å². The van der Waals surface area contributed by atoms with Crippen molar-refractivity contribution in [3.63, 3.8) is 0 Å². The number of carbonyl (C=O) groups is 2. The summed E-state index contributed by atoms with van der Waals surface area (Å²) >= 11 is 7.38. The number of amides is 2. The fraction of sp³-hybridized carbons (Fsp3) is 0.200. The lowest BCUT2D eigenvalue weighted by molar-refractivity contribution is -0.118. The van der Waals surface area contributed by atoms with Crippen molar-refractivity contribution in [2.24, 2.45) is 0 Å². The van der Waals surface area contributed by atoms with E-state index < -0.39 is 0 Å². The van der Waals surface area contributed by atoms with Crippen molar-refractivity contribution < 1.29 is 14.0 Å². The maximum absolute atomic E-state index is 11.7. The van der Waals surface area contributed by atoms with Crippen LogP contribution in [-0.2, 0) is 4.79 Å². The maximum Gasteiger partial charge on any atom is 0.287 e. The van der Waals surface area contributed by atoms with E-state index in [-0.39, 0.29) is 23.3 Å². The molecule has 0 radical (unpaired) electrons. The van der Waals surface area contributed by atoms with Crippen LogP contribution in [0.1, 0.15) is 10.6 Å². The molecule has 1 heterocycles. The highest BCUT2D eigenvalue weighted by atomic mass is 35.5. The Balaban J connectivity index is 1.62. The molecule has 5 nitrogen and oxygen atoms in total. The Bertz CT molecular complexity index is 631. The molecule has 0 spiro atoms. The molecule has 1 aromatic heterocycles. The third-order valence-electron chi connectivity index (χ3n) is 2.67. The minimum Gasteiger partial charge on any atom is -0.459 e. The molecule has 0 aliphatic rings. The Morgan fingerprint density at radius 2 is 1.86 bits per heavy atom. The summed E-state index contributed by atoms with van der Waals surface area (Å²) in [6, 6.07) is 10.6. The molecule has 0 fully saturated rings. The Hall–Kier alpha value is -1.92. The van der Waals surface area contributed by atoms with Crippen LogP contribution in [0.15, 0.2) is 52.0 Å². The molecule has 0 saturated carbocycles. The van der Waals surface area contributed by atoms with E-state index >= 15 is 0 Å². The van der Waals surface area contributed by atoms with Gasteiger partial charge >= 0.3 is 0 Å². The van der Waals surface area contributed by atoms with Crippen LogP contribution in [-0.4, -0.2) is 30.7 Å². The normalized spacial score (nSPS) is 10.2. The minimum absolute atomic E-state index is 0.114. The smallest absolute Gasteiger partial charge is 0.287 e. The van der Waals surface area contributed by atoms with Crippen LogP contribution >= 0.6 is 23.4 Å². The topological polar surface area (TPSA) is 71.3 Å². The minimum atomic E-state index is -0.301. The quantitative estimate of drug-likeness (QED) is 0.601. The van der Waals surface area contributed by atoms with E-state index in [0.717, 1.165) is 4.90 Å². The molecular weight excluding hydrogens is 324 g/mol. The summed E-state index contributed by atoms with van der Waals surface area (Å²) in [4.78, 5) is 24.1. The standard InChI is InChI=1S/C15H15ClN2O3S/c16-11-4-1-2-6-13(11)22-10-14(19)17-7-8-18-15(20)12-5-3-9-21-12/h1-6,9H,7-8,10H2,(H,17,19)(H,18,20). The number of halogens is 1. The number of nitrogens with one attached hydrogen (secondary N) is 2. The molecule has 0 aliphatic carbocycles. The summed E-state index contributed by atoms with van der Waals surface area (Å²) in [5.74, 6) is 0.109. The van der Waals surface area contributed by atoms with Crippen molar-refractivity contribution >= 4 is 35.2 Å². The summed E-state index contributed by atoms with van der Waals surface area (Å²) in [5.41, 5.74) is 0. The third kappa shape index (κ3) is 5.13. The fourth-order valence-electron chi connectivity index (χ4n) is 1.63. The van der Waals surface area contributed by atoms with Gasteiger partial charge in [-0.3, -0.25) is 9.59 Å². The van der Waals surface area contributed by atoms with Crippen molar-refractivity contribution in [2.75, 3.05) is 18.8 Å². The molecule has 2 N–H and O–H groups in total. The van der Waals surface area contributed by atoms with Gasteiger partial charge in [-0.15, -0.1) is 11.8 Å². The van der Waals surface area contributed by atoms with Gasteiger partial charge in [0.05, 0.1) is 17.0 Å². The van der Waals surface area contributed by atoms with Crippen LogP contribution in [0, 0.1) is 0 Å². The first-order valence-electron chi connectivity index (χ1n) is 6.62. The van der Waals surface area contributed by atoms with Crippen LogP contribution in [0.25, 0.3) is 0 Å². The Kier molecular flexibility index (Phi) is 6.36. The molecule has 0 aliphatic heterocycles. The number of furan rings is 1.